The first kappa shape index (κ1) is 17.2. The molecule has 1 aromatic heterocycles. The summed E-state index contributed by atoms with van der Waals surface area (Å²) in [5.74, 6) is 3.38. The van der Waals surface area contributed by atoms with Crippen LogP contribution in [0.15, 0.2) is 28.7 Å². The average Bonchev–Trinajstić information content (AvgIpc) is 3.06. The number of hydrogen-bond donors (Lipinski definition) is 0. The molecular formula is C21H24ClN3O2. The van der Waals surface area contributed by atoms with E-state index in [9.17, 15) is 4.79 Å². The normalized spacial score (nSPS) is 26.5. The summed E-state index contributed by atoms with van der Waals surface area (Å²) in [4.78, 5) is 15.0. The van der Waals surface area contributed by atoms with Crippen molar-refractivity contribution in [2.24, 2.45) is 17.8 Å². The van der Waals surface area contributed by atoms with Crippen LogP contribution >= 0.6 is 11.6 Å². The second-order valence-corrected chi connectivity index (χ2v) is 8.78. The van der Waals surface area contributed by atoms with Crippen molar-refractivity contribution >= 4 is 17.5 Å². The van der Waals surface area contributed by atoms with Gasteiger partial charge in [0.25, 0.3) is 0 Å². The van der Waals surface area contributed by atoms with Crippen LogP contribution in [-0.2, 0) is 11.3 Å². The summed E-state index contributed by atoms with van der Waals surface area (Å²) < 4.78 is 5.83. The molecule has 1 heterocycles. The number of carbonyl (C=O) groups excluding carboxylic acids is 1. The Morgan fingerprint density at radius 2 is 2.00 bits per heavy atom. The van der Waals surface area contributed by atoms with Gasteiger partial charge in [-0.1, -0.05) is 30.2 Å². The largest absolute Gasteiger partial charge is 0.419 e. The van der Waals surface area contributed by atoms with Gasteiger partial charge in [-0.15, -0.1) is 10.2 Å². The lowest BCUT2D eigenvalue weighted by Crippen LogP contribution is -2.34. The zero-order valence-electron chi connectivity index (χ0n) is 15.3. The summed E-state index contributed by atoms with van der Waals surface area (Å²) in [5, 5.41) is 8.88. The molecule has 142 valence electrons. The van der Waals surface area contributed by atoms with Crippen molar-refractivity contribution in [1.29, 1.82) is 0 Å². The molecule has 2 aromatic rings. The molecule has 0 aliphatic heterocycles. The van der Waals surface area contributed by atoms with Gasteiger partial charge < -0.3 is 9.32 Å². The van der Waals surface area contributed by atoms with Crippen molar-refractivity contribution in [3.63, 3.8) is 0 Å². The Hall–Kier alpha value is -1.88. The minimum absolute atomic E-state index is 0.257. The molecule has 3 saturated carbocycles. The number of carbonyl (C=O) groups is 1. The highest BCUT2D eigenvalue weighted by Crippen LogP contribution is 2.50. The first-order chi connectivity index (χ1) is 13.2. The van der Waals surface area contributed by atoms with E-state index in [1.54, 1.807) is 6.07 Å². The lowest BCUT2D eigenvalue weighted by molar-refractivity contribution is -0.134. The predicted molar refractivity (Wildman–Crippen MR) is 102 cm³/mol. The molecule has 2 bridgehead atoms. The van der Waals surface area contributed by atoms with Gasteiger partial charge in [0.05, 0.1) is 17.1 Å². The van der Waals surface area contributed by atoms with E-state index in [-0.39, 0.29) is 5.91 Å². The SMILES string of the molecule is O=C(C[C@H]1C[C@H]2CC[C@@H]1C2)N(Cc1nnc(-c2ccccc2Cl)o1)C1CC1. The van der Waals surface area contributed by atoms with Crippen molar-refractivity contribution in [2.75, 3.05) is 0 Å². The van der Waals surface area contributed by atoms with Crippen LogP contribution in [-0.4, -0.2) is 27.0 Å². The quantitative estimate of drug-likeness (QED) is 0.722. The lowest BCUT2D eigenvalue weighted by atomic mass is 9.86. The molecule has 5 rings (SSSR count). The van der Waals surface area contributed by atoms with Gasteiger partial charge in [0, 0.05) is 12.5 Å². The number of hydrogen-bond acceptors (Lipinski definition) is 4. The maximum absolute atomic E-state index is 13.0. The van der Waals surface area contributed by atoms with E-state index < -0.39 is 0 Å². The van der Waals surface area contributed by atoms with Crippen LogP contribution in [0.4, 0.5) is 0 Å². The fraction of sp³-hybridized carbons (Fsp3) is 0.571. The molecule has 1 amide bonds. The molecule has 3 atom stereocenters. The van der Waals surface area contributed by atoms with E-state index in [4.69, 9.17) is 16.0 Å². The maximum Gasteiger partial charge on any atom is 0.249 e. The minimum atomic E-state index is 0.257. The first-order valence-electron chi connectivity index (χ1n) is 10.0. The molecule has 0 saturated heterocycles. The fourth-order valence-electron chi connectivity index (χ4n) is 4.98. The Morgan fingerprint density at radius 3 is 2.70 bits per heavy atom. The second kappa shape index (κ2) is 6.93. The van der Waals surface area contributed by atoms with Gasteiger partial charge in [-0.05, 0) is 62.0 Å². The van der Waals surface area contributed by atoms with Gasteiger partial charge in [0.1, 0.15) is 0 Å². The van der Waals surface area contributed by atoms with Gasteiger partial charge in [0.15, 0.2) is 0 Å². The van der Waals surface area contributed by atoms with Gasteiger partial charge in [-0.2, -0.15) is 0 Å². The third-order valence-electron chi connectivity index (χ3n) is 6.51. The van der Waals surface area contributed by atoms with Crippen LogP contribution in [0.3, 0.4) is 0 Å². The summed E-state index contributed by atoms with van der Waals surface area (Å²) in [7, 11) is 0. The number of nitrogens with zero attached hydrogens (tertiary/aromatic N) is 3. The Balaban J connectivity index is 1.28. The van der Waals surface area contributed by atoms with E-state index in [0.717, 1.165) is 30.2 Å². The Labute approximate surface area is 164 Å². The van der Waals surface area contributed by atoms with E-state index in [2.05, 4.69) is 10.2 Å². The molecule has 6 heteroatoms. The number of amides is 1. The topological polar surface area (TPSA) is 59.2 Å². The number of aromatic nitrogens is 2. The molecule has 0 spiro atoms. The van der Waals surface area contributed by atoms with Crippen LogP contribution in [0.2, 0.25) is 5.02 Å². The molecule has 3 aliphatic rings. The average molecular weight is 386 g/mol. The third-order valence-corrected chi connectivity index (χ3v) is 6.84. The smallest absolute Gasteiger partial charge is 0.249 e. The molecule has 5 nitrogen and oxygen atoms in total. The van der Waals surface area contributed by atoms with Gasteiger partial charge in [-0.25, -0.2) is 0 Å². The van der Waals surface area contributed by atoms with Crippen LogP contribution in [0.1, 0.15) is 50.8 Å². The summed E-state index contributed by atoms with van der Waals surface area (Å²) in [6, 6.07) is 7.76. The summed E-state index contributed by atoms with van der Waals surface area (Å²) in [6.07, 6.45) is 8.11. The summed E-state index contributed by atoms with van der Waals surface area (Å²) in [6.45, 7) is 0.405. The highest BCUT2D eigenvalue weighted by atomic mass is 35.5. The number of fused-ring (bicyclic) bond motifs is 2. The third kappa shape index (κ3) is 3.49. The van der Waals surface area contributed by atoms with Crippen molar-refractivity contribution in [3.8, 4) is 11.5 Å². The van der Waals surface area contributed by atoms with Crippen molar-refractivity contribution in [1.82, 2.24) is 15.1 Å². The van der Waals surface area contributed by atoms with Crippen molar-refractivity contribution < 1.29 is 9.21 Å². The molecule has 0 unspecified atom stereocenters. The Bertz CT molecular complexity index is 847. The standard InChI is InChI=1S/C21H24ClN3O2/c22-18-4-2-1-3-17(18)21-24-23-19(27-21)12-25(16-7-8-16)20(26)11-15-10-13-5-6-14(15)9-13/h1-4,13-16H,5-12H2/t13-,14+,15+/m0/s1. The van der Waals surface area contributed by atoms with Crippen molar-refractivity contribution in [3.05, 3.63) is 35.2 Å². The van der Waals surface area contributed by atoms with E-state index in [1.807, 2.05) is 23.1 Å². The lowest BCUT2D eigenvalue weighted by Gasteiger charge is -2.26. The zero-order chi connectivity index (χ0) is 18.4. The highest BCUT2D eigenvalue weighted by molar-refractivity contribution is 6.33. The molecule has 3 aliphatic carbocycles. The maximum atomic E-state index is 13.0. The molecule has 3 fully saturated rings. The summed E-state index contributed by atoms with van der Waals surface area (Å²) in [5.41, 5.74) is 0.726. The van der Waals surface area contributed by atoms with Crippen LogP contribution < -0.4 is 0 Å². The van der Waals surface area contributed by atoms with E-state index >= 15 is 0 Å². The highest BCUT2D eigenvalue weighted by Gasteiger charge is 2.42. The van der Waals surface area contributed by atoms with Gasteiger partial charge in [-0.3, -0.25) is 4.79 Å². The van der Waals surface area contributed by atoms with Crippen LogP contribution in [0.25, 0.3) is 11.5 Å². The number of benzene rings is 1. The monoisotopic (exact) mass is 385 g/mol. The molecule has 0 radical (unpaired) electrons. The minimum Gasteiger partial charge on any atom is -0.419 e. The van der Waals surface area contributed by atoms with E-state index in [0.29, 0.717) is 41.7 Å². The predicted octanol–water partition coefficient (Wildman–Crippen LogP) is 4.71. The van der Waals surface area contributed by atoms with E-state index in [1.165, 1.54) is 25.7 Å². The first-order valence-corrected chi connectivity index (χ1v) is 10.4. The summed E-state index contributed by atoms with van der Waals surface area (Å²) >= 11 is 6.22. The zero-order valence-corrected chi connectivity index (χ0v) is 16.1. The van der Waals surface area contributed by atoms with Gasteiger partial charge >= 0.3 is 0 Å². The second-order valence-electron chi connectivity index (χ2n) is 8.37. The fourth-order valence-corrected chi connectivity index (χ4v) is 5.20. The molecular weight excluding hydrogens is 362 g/mol. The number of halogens is 1. The van der Waals surface area contributed by atoms with Crippen LogP contribution in [0, 0.1) is 17.8 Å². The van der Waals surface area contributed by atoms with Crippen LogP contribution in [0.5, 0.6) is 0 Å². The van der Waals surface area contributed by atoms with Gasteiger partial charge in [0.2, 0.25) is 17.7 Å². The number of rotatable bonds is 6. The Morgan fingerprint density at radius 1 is 1.15 bits per heavy atom. The van der Waals surface area contributed by atoms with Crippen molar-refractivity contribution in [2.45, 2.75) is 57.5 Å². The Kier molecular flexibility index (Phi) is 4.43. The molecule has 0 N–H and O–H groups in total. The molecule has 27 heavy (non-hydrogen) atoms. The molecule has 1 aromatic carbocycles.